The topological polar surface area (TPSA) is 96.5 Å². The third-order valence-corrected chi connectivity index (χ3v) is 8.18. The summed E-state index contributed by atoms with van der Waals surface area (Å²) in [4.78, 5) is 4.65. The largest absolute Gasteiger partial charge is 0.455 e. The lowest BCUT2D eigenvalue weighted by molar-refractivity contribution is 0.0730. The molecule has 3 heterocycles. The monoisotopic (exact) mass is 490 g/mol. The molecule has 0 radical (unpaired) electrons. The molecule has 0 amide bonds. The fraction of sp³-hybridized carbons (Fsp3) is 0.238. The summed E-state index contributed by atoms with van der Waals surface area (Å²) in [7, 11) is -3.64. The molecule has 1 aromatic heterocycles. The van der Waals surface area contributed by atoms with Crippen molar-refractivity contribution in [2.45, 2.75) is 4.90 Å². The Morgan fingerprint density at radius 2 is 1.94 bits per heavy atom. The van der Waals surface area contributed by atoms with Gasteiger partial charge in [-0.2, -0.15) is 9.41 Å². The van der Waals surface area contributed by atoms with Crippen molar-refractivity contribution in [3.05, 3.63) is 59.3 Å². The smallest absolute Gasteiger partial charge is 0.243 e. The van der Waals surface area contributed by atoms with Crippen molar-refractivity contribution in [1.29, 1.82) is 0 Å². The maximum absolute atomic E-state index is 12.9. The zero-order valence-electron chi connectivity index (χ0n) is 16.8. The number of benzene rings is 2. The van der Waals surface area contributed by atoms with Crippen LogP contribution in [0.4, 0.5) is 5.69 Å². The first-order valence-corrected chi connectivity index (χ1v) is 12.7. The fourth-order valence-corrected chi connectivity index (χ4v) is 5.75. The molecule has 166 valence electrons. The van der Waals surface area contributed by atoms with Crippen molar-refractivity contribution < 1.29 is 17.6 Å². The zero-order chi connectivity index (χ0) is 22.1. The number of hydrazone groups is 1. The van der Waals surface area contributed by atoms with Crippen LogP contribution in [0.5, 0.6) is 0 Å². The Hall–Kier alpha value is -2.37. The summed E-state index contributed by atoms with van der Waals surface area (Å²) in [6, 6.07) is 14.3. The number of aliphatic imine (C=N–C) groups is 1. The maximum Gasteiger partial charge on any atom is 0.243 e. The summed E-state index contributed by atoms with van der Waals surface area (Å²) >= 11 is 7.73. The van der Waals surface area contributed by atoms with E-state index in [9.17, 15) is 8.42 Å². The highest BCUT2D eigenvalue weighted by molar-refractivity contribution is 8.14. The van der Waals surface area contributed by atoms with Crippen LogP contribution < -0.4 is 5.43 Å². The van der Waals surface area contributed by atoms with Crippen molar-refractivity contribution in [2.24, 2.45) is 10.1 Å². The number of furan rings is 1. The molecular formula is C21H19ClN4O4S2. The van der Waals surface area contributed by atoms with Crippen LogP contribution in [0, 0.1) is 0 Å². The maximum atomic E-state index is 12.9. The normalized spacial score (nSPS) is 19.2. The molecule has 1 fully saturated rings. The number of sulfonamides is 1. The van der Waals surface area contributed by atoms with Crippen molar-refractivity contribution in [3.63, 3.8) is 0 Å². The average Bonchev–Trinajstić information content (AvgIpc) is 3.26. The van der Waals surface area contributed by atoms with E-state index in [1.165, 1.54) is 28.2 Å². The molecule has 2 aliphatic heterocycles. The first-order chi connectivity index (χ1) is 15.5. The van der Waals surface area contributed by atoms with Gasteiger partial charge in [0, 0.05) is 24.2 Å². The van der Waals surface area contributed by atoms with Gasteiger partial charge >= 0.3 is 0 Å². The number of rotatable bonds is 4. The Balaban J connectivity index is 1.38. The van der Waals surface area contributed by atoms with Crippen LogP contribution in [0.2, 0.25) is 5.02 Å². The first-order valence-electron chi connectivity index (χ1n) is 9.91. The molecule has 0 spiro atoms. The van der Waals surface area contributed by atoms with Crippen LogP contribution >= 0.6 is 23.4 Å². The SMILES string of the molecule is O=S(=O)(c1ccc(Cl)c(N=C2NN=C(c3cc4ccccc4o3)CS2)c1)N1CCOCC1. The van der Waals surface area contributed by atoms with Crippen molar-refractivity contribution in [2.75, 3.05) is 32.1 Å². The number of para-hydroxylation sites is 1. The number of amidine groups is 1. The van der Waals surface area contributed by atoms with Gasteiger partial charge in [-0.1, -0.05) is 41.6 Å². The lowest BCUT2D eigenvalue weighted by Gasteiger charge is -2.26. The van der Waals surface area contributed by atoms with E-state index < -0.39 is 10.0 Å². The summed E-state index contributed by atoms with van der Waals surface area (Å²) in [5.74, 6) is 1.25. The summed E-state index contributed by atoms with van der Waals surface area (Å²) in [6.07, 6.45) is 0. The van der Waals surface area contributed by atoms with Gasteiger partial charge in [-0.25, -0.2) is 13.4 Å². The van der Waals surface area contributed by atoms with Gasteiger partial charge in [0.2, 0.25) is 10.0 Å². The van der Waals surface area contributed by atoms with Gasteiger partial charge in [0.25, 0.3) is 0 Å². The Bertz CT molecular complexity index is 1300. The third-order valence-electron chi connectivity index (χ3n) is 5.09. The zero-order valence-corrected chi connectivity index (χ0v) is 19.2. The van der Waals surface area contributed by atoms with E-state index in [1.807, 2.05) is 30.3 Å². The molecule has 8 nitrogen and oxygen atoms in total. The molecule has 11 heteroatoms. The first kappa shape index (κ1) is 21.5. The second-order valence-corrected chi connectivity index (χ2v) is 10.5. The molecule has 1 saturated heterocycles. The van der Waals surface area contributed by atoms with E-state index in [4.69, 9.17) is 20.8 Å². The number of nitrogens with zero attached hydrogens (tertiary/aromatic N) is 3. The minimum Gasteiger partial charge on any atom is -0.455 e. The average molecular weight is 491 g/mol. The molecule has 1 N–H and O–H groups in total. The highest BCUT2D eigenvalue weighted by Crippen LogP contribution is 2.31. The van der Waals surface area contributed by atoms with E-state index in [2.05, 4.69) is 15.5 Å². The van der Waals surface area contributed by atoms with Gasteiger partial charge in [0.1, 0.15) is 11.3 Å². The number of hydrogen-bond acceptors (Lipinski definition) is 7. The summed E-state index contributed by atoms with van der Waals surface area (Å²) in [5.41, 5.74) is 4.84. The second kappa shape index (κ2) is 8.87. The molecule has 2 aliphatic rings. The highest BCUT2D eigenvalue weighted by Gasteiger charge is 2.27. The molecule has 0 atom stereocenters. The number of fused-ring (bicyclic) bond motifs is 1. The standard InChI is InChI=1S/C21H19ClN4O4S2/c22-16-6-5-15(32(27,28)26-7-9-29-10-8-26)12-17(16)23-21-25-24-18(13-31-21)20-11-14-3-1-2-4-19(14)30-20/h1-6,11-12H,7-10,13H2,(H,23,25). The highest BCUT2D eigenvalue weighted by atomic mass is 35.5. The van der Waals surface area contributed by atoms with E-state index in [0.717, 1.165) is 16.7 Å². The molecule has 5 rings (SSSR count). The summed E-state index contributed by atoms with van der Waals surface area (Å²) < 4.78 is 38.4. The van der Waals surface area contributed by atoms with Gasteiger partial charge in [-0.15, -0.1) is 0 Å². The van der Waals surface area contributed by atoms with Crippen molar-refractivity contribution >= 4 is 60.9 Å². The minimum atomic E-state index is -3.64. The van der Waals surface area contributed by atoms with Crippen molar-refractivity contribution in [1.82, 2.24) is 9.73 Å². The van der Waals surface area contributed by atoms with Crippen LogP contribution in [0.25, 0.3) is 11.0 Å². The molecular weight excluding hydrogens is 472 g/mol. The van der Waals surface area contributed by atoms with Crippen molar-refractivity contribution in [3.8, 4) is 0 Å². The van der Waals surface area contributed by atoms with E-state index in [1.54, 1.807) is 6.07 Å². The fourth-order valence-electron chi connectivity index (χ4n) is 3.41. The van der Waals surface area contributed by atoms with E-state index in [-0.39, 0.29) is 4.90 Å². The number of nitrogens with one attached hydrogen (secondary N) is 1. The molecule has 0 unspecified atom stereocenters. The number of ether oxygens (including phenoxy) is 1. The summed E-state index contributed by atoms with van der Waals surface area (Å²) in [5, 5.41) is 6.27. The third kappa shape index (κ3) is 4.28. The van der Waals surface area contributed by atoms with E-state index >= 15 is 0 Å². The van der Waals surface area contributed by atoms with Crippen LogP contribution in [-0.4, -0.2) is 55.7 Å². The number of thioether (sulfide) groups is 1. The van der Waals surface area contributed by atoms with Gasteiger partial charge in [0.15, 0.2) is 10.9 Å². The Kier molecular flexibility index (Phi) is 5.95. The molecule has 2 aromatic carbocycles. The van der Waals surface area contributed by atoms with Gasteiger partial charge < -0.3 is 9.15 Å². The molecule has 0 aliphatic carbocycles. The molecule has 0 bridgehead atoms. The predicted octanol–water partition coefficient (Wildman–Crippen LogP) is 3.84. The molecule has 32 heavy (non-hydrogen) atoms. The van der Waals surface area contributed by atoms with Crippen LogP contribution in [-0.2, 0) is 14.8 Å². The van der Waals surface area contributed by atoms with Gasteiger partial charge in [-0.05, 0) is 30.3 Å². The van der Waals surface area contributed by atoms with Crippen LogP contribution in [0.1, 0.15) is 5.76 Å². The quantitative estimate of drug-likeness (QED) is 0.597. The van der Waals surface area contributed by atoms with Crippen LogP contribution in [0.3, 0.4) is 0 Å². The Morgan fingerprint density at radius 1 is 1.12 bits per heavy atom. The minimum absolute atomic E-state index is 0.149. The predicted molar refractivity (Wildman–Crippen MR) is 126 cm³/mol. The lowest BCUT2D eigenvalue weighted by Crippen LogP contribution is -2.40. The number of halogens is 1. The molecule has 0 saturated carbocycles. The Morgan fingerprint density at radius 3 is 2.69 bits per heavy atom. The Labute approximate surface area is 194 Å². The number of hydrogen-bond donors (Lipinski definition) is 1. The van der Waals surface area contributed by atoms with Gasteiger partial charge in [-0.3, -0.25) is 5.43 Å². The number of morpholine rings is 1. The second-order valence-electron chi connectivity index (χ2n) is 7.15. The van der Waals surface area contributed by atoms with Crippen LogP contribution in [0.15, 0.2) is 67.9 Å². The summed E-state index contributed by atoms with van der Waals surface area (Å²) in [6.45, 7) is 1.42. The lowest BCUT2D eigenvalue weighted by atomic mass is 10.2. The van der Waals surface area contributed by atoms with Gasteiger partial charge in [0.05, 0.1) is 28.8 Å². The molecule has 3 aromatic rings. The van der Waals surface area contributed by atoms with E-state index in [0.29, 0.717) is 53.7 Å².